The minimum atomic E-state index is 0.443. The van der Waals surface area contributed by atoms with Crippen molar-refractivity contribution in [1.82, 2.24) is 9.97 Å². The number of allylic oxidation sites excluding steroid dienone is 2. The maximum absolute atomic E-state index is 5.65. The Bertz CT molecular complexity index is 414. The summed E-state index contributed by atoms with van der Waals surface area (Å²) in [5.41, 5.74) is 0. The van der Waals surface area contributed by atoms with Crippen molar-refractivity contribution in [3.05, 3.63) is 28.7 Å². The third kappa shape index (κ3) is 1.30. The van der Waals surface area contributed by atoms with Gasteiger partial charge in [-0.3, -0.25) is 0 Å². The van der Waals surface area contributed by atoms with Gasteiger partial charge in [-0.2, -0.15) is 0 Å². The average Bonchev–Trinajstić information content (AvgIpc) is 2.37. The van der Waals surface area contributed by atoms with Gasteiger partial charge in [0.2, 0.25) is 0 Å². The first-order valence-electron chi connectivity index (χ1n) is 3.88. The molecule has 1 aromatic heterocycles. The summed E-state index contributed by atoms with van der Waals surface area (Å²) in [6.45, 7) is 0. The Morgan fingerprint density at radius 3 is 3.33 bits per heavy atom. The van der Waals surface area contributed by atoms with Crippen LogP contribution in [-0.4, -0.2) is 9.97 Å². The van der Waals surface area contributed by atoms with Gasteiger partial charge in [0.1, 0.15) is 5.82 Å². The first-order chi connectivity index (χ1) is 5.90. The number of fused-ring (bicyclic) bond motifs is 1. The molecule has 62 valence electrons. The largest absolute Gasteiger partial charge is 0.341 e. The summed E-state index contributed by atoms with van der Waals surface area (Å²) in [4.78, 5) is 7.46. The van der Waals surface area contributed by atoms with Crippen molar-refractivity contribution in [2.24, 2.45) is 0 Å². The predicted molar refractivity (Wildman–Crippen MR) is 50.1 cm³/mol. The second-order valence-electron chi connectivity index (χ2n) is 2.65. The molecule has 0 spiro atoms. The number of imidazole rings is 1. The van der Waals surface area contributed by atoms with Gasteiger partial charge in [-0.1, -0.05) is 18.2 Å². The molecule has 0 amide bonds. The normalized spacial score (nSPS) is 14.4. The average molecular weight is 181 g/mol. The van der Waals surface area contributed by atoms with Crippen LogP contribution in [0.15, 0.2) is 12.2 Å². The SMILES string of the molecule is ClCc1nc2c([nH]1)=CC=CCC=2. The van der Waals surface area contributed by atoms with Crippen LogP contribution in [0.25, 0.3) is 12.2 Å². The summed E-state index contributed by atoms with van der Waals surface area (Å²) in [5, 5.41) is 2.06. The first-order valence-corrected chi connectivity index (χ1v) is 4.41. The second-order valence-corrected chi connectivity index (χ2v) is 2.92. The van der Waals surface area contributed by atoms with Crippen molar-refractivity contribution in [2.75, 3.05) is 0 Å². The van der Waals surface area contributed by atoms with E-state index >= 15 is 0 Å². The van der Waals surface area contributed by atoms with Gasteiger partial charge >= 0.3 is 0 Å². The number of hydrogen-bond donors (Lipinski definition) is 1. The van der Waals surface area contributed by atoms with Crippen LogP contribution in [0.2, 0.25) is 0 Å². The van der Waals surface area contributed by atoms with Gasteiger partial charge in [0, 0.05) is 0 Å². The Morgan fingerprint density at radius 1 is 1.58 bits per heavy atom. The van der Waals surface area contributed by atoms with E-state index in [0.29, 0.717) is 5.88 Å². The molecule has 0 aromatic carbocycles. The third-order valence-corrected chi connectivity index (χ3v) is 2.04. The lowest BCUT2D eigenvalue weighted by atomic mass is 10.4. The van der Waals surface area contributed by atoms with Crippen molar-refractivity contribution in [1.29, 1.82) is 0 Å². The van der Waals surface area contributed by atoms with E-state index in [9.17, 15) is 0 Å². The van der Waals surface area contributed by atoms with Crippen LogP contribution >= 0.6 is 11.6 Å². The molecule has 0 atom stereocenters. The van der Waals surface area contributed by atoms with Gasteiger partial charge < -0.3 is 4.98 Å². The van der Waals surface area contributed by atoms with Gasteiger partial charge in [-0.15, -0.1) is 11.6 Å². The molecule has 0 aliphatic heterocycles. The molecule has 1 aliphatic rings. The topological polar surface area (TPSA) is 28.7 Å². The number of hydrogen-bond acceptors (Lipinski definition) is 1. The summed E-state index contributed by atoms with van der Waals surface area (Å²) < 4.78 is 0. The van der Waals surface area contributed by atoms with E-state index in [-0.39, 0.29) is 0 Å². The quantitative estimate of drug-likeness (QED) is 0.633. The second kappa shape index (κ2) is 3.15. The zero-order valence-electron chi connectivity index (χ0n) is 6.55. The Balaban J connectivity index is 2.66. The number of nitrogens with one attached hydrogen (secondary N) is 1. The van der Waals surface area contributed by atoms with E-state index in [0.717, 1.165) is 22.9 Å². The van der Waals surface area contributed by atoms with E-state index in [4.69, 9.17) is 11.6 Å². The van der Waals surface area contributed by atoms with Gasteiger partial charge in [-0.05, 0) is 12.5 Å². The molecule has 12 heavy (non-hydrogen) atoms. The van der Waals surface area contributed by atoms with E-state index in [2.05, 4.69) is 22.1 Å². The van der Waals surface area contributed by atoms with Gasteiger partial charge in [-0.25, -0.2) is 4.98 Å². The molecule has 1 N–H and O–H groups in total. The maximum Gasteiger partial charge on any atom is 0.122 e. The smallest absolute Gasteiger partial charge is 0.122 e. The van der Waals surface area contributed by atoms with Crippen molar-refractivity contribution < 1.29 is 0 Å². The summed E-state index contributed by atoms with van der Waals surface area (Å²) in [6, 6.07) is 0. The number of aromatic amines is 1. The number of rotatable bonds is 1. The van der Waals surface area contributed by atoms with Crippen LogP contribution in [0.4, 0.5) is 0 Å². The van der Waals surface area contributed by atoms with E-state index in [1.807, 2.05) is 12.2 Å². The van der Waals surface area contributed by atoms with Crippen LogP contribution in [0, 0.1) is 0 Å². The molecule has 1 aromatic rings. The molecule has 0 fully saturated rings. The Morgan fingerprint density at radius 2 is 2.50 bits per heavy atom. The first kappa shape index (κ1) is 7.62. The van der Waals surface area contributed by atoms with Crippen LogP contribution in [0.1, 0.15) is 12.2 Å². The lowest BCUT2D eigenvalue weighted by Crippen LogP contribution is -2.23. The lowest BCUT2D eigenvalue weighted by molar-refractivity contribution is 1.10. The molecule has 0 bridgehead atoms. The fourth-order valence-corrected chi connectivity index (χ4v) is 1.35. The van der Waals surface area contributed by atoms with Crippen LogP contribution in [0.5, 0.6) is 0 Å². The highest BCUT2D eigenvalue weighted by molar-refractivity contribution is 6.16. The predicted octanol–water partition coefficient (Wildman–Crippen LogP) is 0.669. The monoisotopic (exact) mass is 180 g/mol. The van der Waals surface area contributed by atoms with Gasteiger partial charge in [0.05, 0.1) is 16.6 Å². The van der Waals surface area contributed by atoms with Crippen LogP contribution < -0.4 is 10.7 Å². The molecular formula is C9H9ClN2. The maximum atomic E-state index is 5.65. The molecule has 0 saturated carbocycles. The molecule has 3 heteroatoms. The van der Waals surface area contributed by atoms with Crippen molar-refractivity contribution >= 4 is 23.8 Å². The fourth-order valence-electron chi connectivity index (χ4n) is 1.22. The summed E-state index contributed by atoms with van der Waals surface area (Å²) in [7, 11) is 0. The minimum absolute atomic E-state index is 0.443. The standard InChI is InChI=1S/C9H9ClN2/c10-6-9-11-7-4-2-1-3-5-8(7)12-9/h1-2,4-5H,3,6H2,(H,11,12). The van der Waals surface area contributed by atoms with Crippen molar-refractivity contribution in [2.45, 2.75) is 12.3 Å². The highest BCUT2D eigenvalue weighted by Gasteiger charge is 1.96. The molecule has 1 heterocycles. The van der Waals surface area contributed by atoms with Crippen LogP contribution in [0.3, 0.4) is 0 Å². The Hall–Kier alpha value is -1.02. The molecule has 1 aliphatic carbocycles. The third-order valence-electron chi connectivity index (χ3n) is 1.78. The molecular weight excluding hydrogens is 172 g/mol. The summed E-state index contributed by atoms with van der Waals surface area (Å²) in [5.74, 6) is 1.28. The molecule has 2 rings (SSSR count). The van der Waals surface area contributed by atoms with Gasteiger partial charge in [0.15, 0.2) is 0 Å². The molecule has 0 unspecified atom stereocenters. The molecule has 0 radical (unpaired) electrons. The summed E-state index contributed by atoms with van der Waals surface area (Å²) in [6.07, 6.45) is 9.16. The number of nitrogens with zero attached hydrogens (tertiary/aromatic N) is 1. The number of alkyl halides is 1. The number of aromatic nitrogens is 2. The molecule has 2 nitrogen and oxygen atoms in total. The highest BCUT2D eigenvalue weighted by atomic mass is 35.5. The minimum Gasteiger partial charge on any atom is -0.341 e. The highest BCUT2D eigenvalue weighted by Crippen LogP contribution is 1.91. The summed E-state index contributed by atoms with van der Waals surface area (Å²) >= 11 is 5.65. The van der Waals surface area contributed by atoms with Crippen molar-refractivity contribution in [3.8, 4) is 0 Å². The molecule has 0 saturated heterocycles. The van der Waals surface area contributed by atoms with E-state index in [1.165, 1.54) is 0 Å². The zero-order chi connectivity index (χ0) is 8.39. The van der Waals surface area contributed by atoms with E-state index < -0.39 is 0 Å². The van der Waals surface area contributed by atoms with Crippen LogP contribution in [-0.2, 0) is 5.88 Å². The Labute approximate surface area is 75.3 Å². The number of halogens is 1. The van der Waals surface area contributed by atoms with Gasteiger partial charge in [0.25, 0.3) is 0 Å². The Kier molecular flexibility index (Phi) is 2.00. The lowest BCUT2D eigenvalue weighted by Gasteiger charge is -1.80. The van der Waals surface area contributed by atoms with E-state index in [1.54, 1.807) is 0 Å². The zero-order valence-corrected chi connectivity index (χ0v) is 7.30. The van der Waals surface area contributed by atoms with Crippen molar-refractivity contribution in [3.63, 3.8) is 0 Å². The fraction of sp³-hybridized carbons (Fsp3) is 0.222. The number of H-pyrrole nitrogens is 1.